The third-order valence-electron chi connectivity index (χ3n) is 3.65. The van der Waals surface area contributed by atoms with Gasteiger partial charge in [0.25, 0.3) is 0 Å². The summed E-state index contributed by atoms with van der Waals surface area (Å²) in [5.74, 6) is 0.163. The molecule has 0 aromatic carbocycles. The van der Waals surface area contributed by atoms with Gasteiger partial charge in [0.15, 0.2) is 0 Å². The first-order chi connectivity index (χ1) is 8.70. The maximum Gasteiger partial charge on any atom is 0.110 e. The van der Waals surface area contributed by atoms with E-state index in [-0.39, 0.29) is 12.0 Å². The molecule has 18 heavy (non-hydrogen) atoms. The maximum absolute atomic E-state index is 9.27. The average Bonchev–Trinajstić information content (AvgIpc) is 2.67. The molecule has 0 radical (unpaired) electrons. The summed E-state index contributed by atoms with van der Waals surface area (Å²) in [6.45, 7) is 4.17. The van der Waals surface area contributed by atoms with E-state index in [9.17, 15) is 5.26 Å². The van der Waals surface area contributed by atoms with Crippen molar-refractivity contribution in [3.63, 3.8) is 0 Å². The van der Waals surface area contributed by atoms with Crippen LogP contribution in [-0.2, 0) is 0 Å². The summed E-state index contributed by atoms with van der Waals surface area (Å²) in [4.78, 5) is 4.52. The molecule has 3 atom stereocenters. The summed E-state index contributed by atoms with van der Waals surface area (Å²) in [6.07, 6.45) is 5.85. The van der Waals surface area contributed by atoms with E-state index in [4.69, 9.17) is 0 Å². The molecule has 1 aliphatic carbocycles. The maximum atomic E-state index is 9.27. The Morgan fingerprint density at radius 2 is 2.22 bits per heavy atom. The average molecular weight is 263 g/mol. The second kappa shape index (κ2) is 6.31. The van der Waals surface area contributed by atoms with E-state index in [0.29, 0.717) is 6.04 Å². The van der Waals surface area contributed by atoms with Crippen LogP contribution in [0, 0.1) is 24.2 Å². The van der Waals surface area contributed by atoms with Crippen molar-refractivity contribution >= 4 is 11.3 Å². The lowest BCUT2D eigenvalue weighted by Gasteiger charge is -2.24. The summed E-state index contributed by atoms with van der Waals surface area (Å²) in [6, 6.07) is 3.06. The van der Waals surface area contributed by atoms with Gasteiger partial charge < -0.3 is 5.32 Å². The second-order valence-corrected chi connectivity index (χ2v) is 6.09. The van der Waals surface area contributed by atoms with E-state index in [1.165, 1.54) is 19.3 Å². The highest BCUT2D eigenvalue weighted by Gasteiger charge is 2.25. The predicted molar refractivity (Wildman–Crippen MR) is 74.4 cm³/mol. The van der Waals surface area contributed by atoms with Crippen LogP contribution in [-0.4, -0.2) is 11.0 Å². The molecule has 2 rings (SSSR count). The molecule has 0 saturated heterocycles. The van der Waals surface area contributed by atoms with Gasteiger partial charge >= 0.3 is 0 Å². The Bertz CT molecular complexity index is 421. The van der Waals surface area contributed by atoms with Crippen LogP contribution in [0.15, 0.2) is 5.38 Å². The van der Waals surface area contributed by atoms with Crippen molar-refractivity contribution < 1.29 is 0 Å². The fraction of sp³-hybridized carbons (Fsp3) is 0.714. The van der Waals surface area contributed by atoms with E-state index in [1.807, 2.05) is 6.92 Å². The molecule has 0 spiro atoms. The lowest BCUT2D eigenvalue weighted by molar-refractivity contribution is 0.361. The van der Waals surface area contributed by atoms with Gasteiger partial charge in [-0.25, -0.2) is 4.98 Å². The SMILES string of the molecule is Cc1csc(C(C)NC2CCCCCC2C#N)n1. The number of thiazole rings is 1. The molecular formula is C14H21N3S. The first kappa shape index (κ1) is 13.5. The number of nitrogens with one attached hydrogen (secondary N) is 1. The van der Waals surface area contributed by atoms with Gasteiger partial charge in [0.2, 0.25) is 0 Å². The second-order valence-electron chi connectivity index (χ2n) is 5.20. The summed E-state index contributed by atoms with van der Waals surface area (Å²) in [5, 5.41) is 16.1. The normalized spacial score (nSPS) is 26.3. The van der Waals surface area contributed by atoms with E-state index in [0.717, 1.165) is 23.5 Å². The van der Waals surface area contributed by atoms with Crippen molar-refractivity contribution in [2.75, 3.05) is 0 Å². The number of rotatable bonds is 3. The minimum atomic E-state index is 0.163. The van der Waals surface area contributed by atoms with E-state index in [2.05, 4.69) is 28.7 Å². The van der Waals surface area contributed by atoms with Crippen LogP contribution < -0.4 is 5.32 Å². The molecule has 3 unspecified atom stereocenters. The lowest BCUT2D eigenvalue weighted by Crippen LogP contribution is -2.36. The highest BCUT2D eigenvalue weighted by Crippen LogP contribution is 2.26. The zero-order chi connectivity index (χ0) is 13.0. The Labute approximate surface area is 113 Å². The zero-order valence-corrected chi connectivity index (χ0v) is 12.0. The van der Waals surface area contributed by atoms with Crippen molar-refractivity contribution in [2.45, 2.75) is 58.0 Å². The molecule has 1 heterocycles. The molecule has 1 aromatic heterocycles. The molecule has 1 aromatic rings. The van der Waals surface area contributed by atoms with Gasteiger partial charge in [-0.1, -0.05) is 19.3 Å². The van der Waals surface area contributed by atoms with Gasteiger partial charge in [-0.05, 0) is 26.7 Å². The number of aromatic nitrogens is 1. The Morgan fingerprint density at radius 1 is 1.44 bits per heavy atom. The minimum Gasteiger partial charge on any atom is -0.304 e. The fourth-order valence-electron chi connectivity index (χ4n) is 2.63. The van der Waals surface area contributed by atoms with Crippen LogP contribution in [0.25, 0.3) is 0 Å². The standard InChI is InChI=1S/C14H21N3S/c1-10-9-18-14(16-10)11(2)17-13-7-5-3-4-6-12(13)8-15/h9,11-13,17H,3-7H2,1-2H3. The van der Waals surface area contributed by atoms with Gasteiger partial charge in [-0.15, -0.1) is 11.3 Å². The Kier molecular flexibility index (Phi) is 4.73. The van der Waals surface area contributed by atoms with Crippen LogP contribution >= 0.6 is 11.3 Å². The smallest absolute Gasteiger partial charge is 0.110 e. The Hall–Kier alpha value is -0.920. The first-order valence-corrected chi connectivity index (χ1v) is 7.66. The molecule has 3 nitrogen and oxygen atoms in total. The molecule has 98 valence electrons. The van der Waals surface area contributed by atoms with Crippen molar-refractivity contribution in [3.8, 4) is 6.07 Å². The monoisotopic (exact) mass is 263 g/mol. The zero-order valence-electron chi connectivity index (χ0n) is 11.1. The lowest BCUT2D eigenvalue weighted by atomic mass is 9.96. The molecular weight excluding hydrogens is 242 g/mol. The number of aryl methyl sites for hydroxylation is 1. The minimum absolute atomic E-state index is 0.163. The van der Waals surface area contributed by atoms with Crippen molar-refractivity contribution in [2.24, 2.45) is 5.92 Å². The molecule has 4 heteroatoms. The third kappa shape index (κ3) is 3.30. The number of hydrogen-bond acceptors (Lipinski definition) is 4. The number of nitriles is 1. The van der Waals surface area contributed by atoms with E-state index >= 15 is 0 Å². The highest BCUT2D eigenvalue weighted by atomic mass is 32.1. The highest BCUT2D eigenvalue weighted by molar-refractivity contribution is 7.09. The fourth-order valence-corrected chi connectivity index (χ4v) is 3.44. The van der Waals surface area contributed by atoms with Gasteiger partial charge in [0.05, 0.1) is 18.0 Å². The van der Waals surface area contributed by atoms with Crippen LogP contribution in [0.2, 0.25) is 0 Å². The van der Waals surface area contributed by atoms with Gasteiger partial charge in [0, 0.05) is 17.1 Å². The largest absolute Gasteiger partial charge is 0.304 e. The molecule has 0 amide bonds. The summed E-state index contributed by atoms with van der Waals surface area (Å²) in [5.41, 5.74) is 1.08. The van der Waals surface area contributed by atoms with Gasteiger partial charge in [-0.2, -0.15) is 5.26 Å². The number of nitrogens with zero attached hydrogens (tertiary/aromatic N) is 2. The van der Waals surface area contributed by atoms with Crippen LogP contribution in [0.5, 0.6) is 0 Å². The predicted octanol–water partition coefficient (Wildman–Crippen LogP) is 3.57. The molecule has 1 fully saturated rings. The summed E-state index contributed by atoms with van der Waals surface area (Å²) >= 11 is 1.70. The van der Waals surface area contributed by atoms with Gasteiger partial charge in [0.1, 0.15) is 5.01 Å². The summed E-state index contributed by atoms with van der Waals surface area (Å²) in [7, 11) is 0. The van der Waals surface area contributed by atoms with E-state index < -0.39 is 0 Å². The number of hydrogen-bond donors (Lipinski definition) is 1. The third-order valence-corrected chi connectivity index (χ3v) is 4.80. The van der Waals surface area contributed by atoms with E-state index in [1.54, 1.807) is 11.3 Å². The molecule has 0 aliphatic heterocycles. The Balaban J connectivity index is 2.00. The van der Waals surface area contributed by atoms with Crippen molar-refractivity contribution in [1.82, 2.24) is 10.3 Å². The van der Waals surface area contributed by atoms with Crippen molar-refractivity contribution in [1.29, 1.82) is 5.26 Å². The van der Waals surface area contributed by atoms with Crippen LogP contribution in [0.1, 0.15) is 55.8 Å². The van der Waals surface area contributed by atoms with Crippen LogP contribution in [0.4, 0.5) is 0 Å². The first-order valence-electron chi connectivity index (χ1n) is 6.78. The van der Waals surface area contributed by atoms with Gasteiger partial charge in [-0.3, -0.25) is 0 Å². The molecule has 1 aliphatic rings. The topological polar surface area (TPSA) is 48.7 Å². The molecule has 1 saturated carbocycles. The van der Waals surface area contributed by atoms with Crippen molar-refractivity contribution in [3.05, 3.63) is 16.1 Å². The summed E-state index contributed by atoms with van der Waals surface area (Å²) < 4.78 is 0. The van der Waals surface area contributed by atoms with Crippen LogP contribution in [0.3, 0.4) is 0 Å². The Morgan fingerprint density at radius 3 is 2.89 bits per heavy atom. The molecule has 1 N–H and O–H groups in total. The quantitative estimate of drug-likeness (QED) is 0.848. The molecule has 0 bridgehead atoms.